The van der Waals surface area contributed by atoms with E-state index < -0.39 is 24.1 Å². The minimum Gasteiger partial charge on any atom is -0.480 e. The van der Waals surface area contributed by atoms with E-state index in [1.807, 2.05) is 27.7 Å². The number of carbonyl (C=O) groups is 3. The number of aliphatic carboxylic acids is 1. The lowest BCUT2D eigenvalue weighted by Crippen LogP contribution is -2.53. The number of carboxylic acids is 1. The number of hydrogen-bond acceptors (Lipinski definition) is 3. The highest BCUT2D eigenvalue weighted by atomic mass is 16.4. The predicted octanol–water partition coefficient (Wildman–Crippen LogP) is 0.698. The molecule has 1 unspecified atom stereocenters. The topological polar surface area (TPSA) is 108 Å². The first-order chi connectivity index (χ1) is 9.13. The van der Waals surface area contributed by atoms with E-state index >= 15 is 0 Å². The SMILES string of the molecule is CC(C)C[C@@H](NC(=O)NC(C)C(=O)NC(C)C)C(=O)O. The molecule has 0 saturated carbocycles. The van der Waals surface area contributed by atoms with Crippen molar-refractivity contribution in [2.45, 2.75) is 59.2 Å². The molecule has 2 atom stereocenters. The average molecular weight is 287 g/mol. The summed E-state index contributed by atoms with van der Waals surface area (Å²) in [6.07, 6.45) is 0.329. The minimum absolute atomic E-state index is 0.0254. The van der Waals surface area contributed by atoms with E-state index in [9.17, 15) is 14.4 Å². The Bertz CT molecular complexity index is 356. The molecular weight excluding hydrogens is 262 g/mol. The molecule has 7 nitrogen and oxygen atoms in total. The largest absolute Gasteiger partial charge is 0.480 e. The zero-order chi connectivity index (χ0) is 15.9. The summed E-state index contributed by atoms with van der Waals surface area (Å²) < 4.78 is 0. The van der Waals surface area contributed by atoms with Crippen molar-refractivity contribution in [1.29, 1.82) is 0 Å². The summed E-state index contributed by atoms with van der Waals surface area (Å²) in [6, 6.07) is -2.38. The number of carbonyl (C=O) groups excluding carboxylic acids is 2. The number of carboxylic acid groups (broad SMARTS) is 1. The van der Waals surface area contributed by atoms with Crippen LogP contribution in [0.4, 0.5) is 4.79 Å². The lowest BCUT2D eigenvalue weighted by Gasteiger charge is -2.20. The zero-order valence-electron chi connectivity index (χ0n) is 12.7. The Morgan fingerprint density at radius 3 is 1.90 bits per heavy atom. The average Bonchev–Trinajstić information content (AvgIpc) is 2.25. The van der Waals surface area contributed by atoms with Crippen LogP contribution in [0.25, 0.3) is 0 Å². The highest BCUT2D eigenvalue weighted by Crippen LogP contribution is 2.04. The third-order valence-electron chi connectivity index (χ3n) is 2.48. The molecule has 0 aliphatic carbocycles. The fourth-order valence-corrected chi connectivity index (χ4v) is 1.56. The van der Waals surface area contributed by atoms with Crippen molar-refractivity contribution in [2.75, 3.05) is 0 Å². The summed E-state index contributed by atoms with van der Waals surface area (Å²) in [5.74, 6) is -1.27. The molecule has 116 valence electrons. The Balaban J connectivity index is 4.38. The smallest absolute Gasteiger partial charge is 0.326 e. The standard InChI is InChI=1S/C13H25N3O4/c1-7(2)6-10(12(18)19)16-13(20)15-9(5)11(17)14-8(3)4/h7-10H,6H2,1-5H3,(H,14,17)(H,18,19)(H2,15,16,20)/t9?,10-/m1/s1. The summed E-state index contributed by atoms with van der Waals surface area (Å²) in [5, 5.41) is 16.4. The van der Waals surface area contributed by atoms with Crippen molar-refractivity contribution >= 4 is 17.9 Å². The van der Waals surface area contributed by atoms with Crippen LogP contribution < -0.4 is 16.0 Å². The van der Waals surface area contributed by atoms with Gasteiger partial charge in [0.1, 0.15) is 12.1 Å². The number of nitrogens with one attached hydrogen (secondary N) is 3. The van der Waals surface area contributed by atoms with Gasteiger partial charge in [-0.1, -0.05) is 13.8 Å². The van der Waals surface area contributed by atoms with E-state index in [0.717, 1.165) is 0 Å². The molecule has 0 aromatic carbocycles. The molecule has 0 heterocycles. The Morgan fingerprint density at radius 1 is 0.950 bits per heavy atom. The quantitative estimate of drug-likeness (QED) is 0.552. The van der Waals surface area contributed by atoms with Crippen LogP contribution >= 0.6 is 0 Å². The summed E-state index contributed by atoms with van der Waals surface area (Å²) in [5.41, 5.74) is 0. The zero-order valence-corrected chi connectivity index (χ0v) is 12.7. The molecule has 7 heteroatoms. The number of rotatable bonds is 7. The molecule has 0 bridgehead atoms. The van der Waals surface area contributed by atoms with Gasteiger partial charge in [0, 0.05) is 6.04 Å². The van der Waals surface area contributed by atoms with Crippen molar-refractivity contribution in [3.05, 3.63) is 0 Å². The van der Waals surface area contributed by atoms with Crippen molar-refractivity contribution in [3.8, 4) is 0 Å². The van der Waals surface area contributed by atoms with Gasteiger partial charge < -0.3 is 21.1 Å². The van der Waals surface area contributed by atoms with Crippen molar-refractivity contribution < 1.29 is 19.5 Å². The molecule has 0 aliphatic rings. The summed E-state index contributed by atoms with van der Waals surface area (Å²) >= 11 is 0. The second kappa shape index (κ2) is 8.39. The van der Waals surface area contributed by atoms with Crippen LogP contribution in [-0.2, 0) is 9.59 Å². The third-order valence-corrected chi connectivity index (χ3v) is 2.48. The maximum Gasteiger partial charge on any atom is 0.326 e. The van der Waals surface area contributed by atoms with Gasteiger partial charge in [0.2, 0.25) is 5.91 Å². The van der Waals surface area contributed by atoms with Crippen molar-refractivity contribution in [1.82, 2.24) is 16.0 Å². The number of amides is 3. The van der Waals surface area contributed by atoms with Crippen LogP contribution in [0.1, 0.15) is 41.0 Å². The summed E-state index contributed by atoms with van der Waals surface area (Å²) in [4.78, 5) is 34.3. The molecule has 20 heavy (non-hydrogen) atoms. The molecule has 0 radical (unpaired) electrons. The Morgan fingerprint density at radius 2 is 1.50 bits per heavy atom. The van der Waals surface area contributed by atoms with E-state index in [-0.39, 0.29) is 17.9 Å². The van der Waals surface area contributed by atoms with Gasteiger partial charge >= 0.3 is 12.0 Å². The first-order valence-electron chi connectivity index (χ1n) is 6.73. The Labute approximate surface area is 119 Å². The van der Waals surface area contributed by atoms with Gasteiger partial charge in [-0.2, -0.15) is 0 Å². The Kier molecular flexibility index (Phi) is 7.64. The third kappa shape index (κ3) is 7.60. The lowest BCUT2D eigenvalue weighted by atomic mass is 10.0. The molecule has 0 aromatic heterocycles. The van der Waals surface area contributed by atoms with Crippen LogP contribution in [0.3, 0.4) is 0 Å². The van der Waals surface area contributed by atoms with Crippen LogP contribution in [-0.4, -0.2) is 41.1 Å². The van der Waals surface area contributed by atoms with E-state index in [1.165, 1.54) is 6.92 Å². The van der Waals surface area contributed by atoms with Gasteiger partial charge in [0.05, 0.1) is 0 Å². The van der Waals surface area contributed by atoms with Gasteiger partial charge in [-0.25, -0.2) is 9.59 Å². The van der Waals surface area contributed by atoms with Crippen LogP contribution in [0.5, 0.6) is 0 Å². The van der Waals surface area contributed by atoms with Crippen LogP contribution in [0, 0.1) is 5.92 Å². The van der Waals surface area contributed by atoms with E-state index in [2.05, 4.69) is 16.0 Å². The maximum absolute atomic E-state index is 11.7. The van der Waals surface area contributed by atoms with Crippen molar-refractivity contribution in [3.63, 3.8) is 0 Å². The summed E-state index contributed by atoms with van der Waals surface area (Å²) in [6.45, 7) is 8.90. The van der Waals surface area contributed by atoms with E-state index in [1.54, 1.807) is 0 Å². The molecule has 3 amide bonds. The maximum atomic E-state index is 11.7. The van der Waals surface area contributed by atoms with Gasteiger partial charge in [-0.3, -0.25) is 4.79 Å². The Hall–Kier alpha value is -1.79. The second-order valence-electron chi connectivity index (χ2n) is 5.52. The number of hydrogen-bond donors (Lipinski definition) is 4. The van der Waals surface area contributed by atoms with Gasteiger partial charge in [-0.15, -0.1) is 0 Å². The molecule has 0 rings (SSSR count). The van der Waals surface area contributed by atoms with E-state index in [0.29, 0.717) is 6.42 Å². The highest BCUT2D eigenvalue weighted by molar-refractivity contribution is 5.88. The van der Waals surface area contributed by atoms with Gasteiger partial charge in [0.25, 0.3) is 0 Å². The van der Waals surface area contributed by atoms with Gasteiger partial charge in [0.15, 0.2) is 0 Å². The van der Waals surface area contributed by atoms with Crippen LogP contribution in [0.2, 0.25) is 0 Å². The monoisotopic (exact) mass is 287 g/mol. The van der Waals surface area contributed by atoms with Gasteiger partial charge in [-0.05, 0) is 33.1 Å². The van der Waals surface area contributed by atoms with Crippen LogP contribution in [0.15, 0.2) is 0 Å². The predicted molar refractivity (Wildman–Crippen MR) is 75.3 cm³/mol. The molecule has 4 N–H and O–H groups in total. The normalized spacial score (nSPS) is 13.8. The summed E-state index contributed by atoms with van der Waals surface area (Å²) in [7, 11) is 0. The number of urea groups is 1. The molecule has 0 spiro atoms. The first kappa shape index (κ1) is 18.2. The van der Waals surface area contributed by atoms with E-state index in [4.69, 9.17) is 5.11 Å². The molecule has 0 aromatic rings. The van der Waals surface area contributed by atoms with Crippen molar-refractivity contribution in [2.24, 2.45) is 5.92 Å². The molecule has 0 fully saturated rings. The molecular formula is C13H25N3O4. The first-order valence-corrected chi connectivity index (χ1v) is 6.73. The fraction of sp³-hybridized carbons (Fsp3) is 0.769. The highest BCUT2D eigenvalue weighted by Gasteiger charge is 2.23. The fourth-order valence-electron chi connectivity index (χ4n) is 1.56. The molecule has 0 saturated heterocycles. The second-order valence-corrected chi connectivity index (χ2v) is 5.52. The minimum atomic E-state index is -1.09. The lowest BCUT2D eigenvalue weighted by molar-refractivity contribution is -0.139. The molecule has 0 aliphatic heterocycles.